The van der Waals surface area contributed by atoms with Crippen molar-refractivity contribution in [3.05, 3.63) is 45.0 Å². The third-order valence-electron chi connectivity index (χ3n) is 3.69. The van der Waals surface area contributed by atoms with Crippen LogP contribution < -0.4 is 0 Å². The molecule has 0 radical (unpaired) electrons. The van der Waals surface area contributed by atoms with Gasteiger partial charge in [0.25, 0.3) is 0 Å². The number of ether oxygens (including phenoxy) is 1. The molecule has 5 heteroatoms. The molecule has 0 aliphatic heterocycles. The fourth-order valence-electron chi connectivity index (χ4n) is 2.57. The van der Waals surface area contributed by atoms with Crippen LogP contribution in [0.25, 0.3) is 0 Å². The number of aryl methyl sites for hydroxylation is 2. The molecule has 2 aromatic rings. The zero-order valence-corrected chi connectivity index (χ0v) is 12.6. The van der Waals surface area contributed by atoms with Crippen LogP contribution in [0, 0.1) is 0 Å². The lowest BCUT2D eigenvalue weighted by molar-refractivity contribution is 0.0563. The molecule has 0 spiro atoms. The second-order valence-electron chi connectivity index (χ2n) is 5.10. The highest BCUT2D eigenvalue weighted by Crippen LogP contribution is 2.30. The van der Waals surface area contributed by atoms with Crippen molar-refractivity contribution in [3.63, 3.8) is 0 Å². The largest absolute Gasteiger partial charge is 0.463 e. The minimum atomic E-state index is -0.573. The lowest BCUT2D eigenvalue weighted by Crippen LogP contribution is -2.00. The molecule has 0 N–H and O–H groups in total. The van der Waals surface area contributed by atoms with E-state index in [1.54, 1.807) is 11.3 Å². The van der Waals surface area contributed by atoms with Gasteiger partial charge >= 0.3 is 5.97 Å². The molecule has 4 nitrogen and oxygen atoms in total. The van der Waals surface area contributed by atoms with Crippen LogP contribution in [0.1, 0.15) is 55.7 Å². The fourth-order valence-corrected chi connectivity index (χ4v) is 3.77. The lowest BCUT2D eigenvalue weighted by atomic mass is 10.1. The monoisotopic (exact) mass is 304 g/mol. The molecular formula is C16H16O4S. The summed E-state index contributed by atoms with van der Waals surface area (Å²) < 4.78 is 9.87. The van der Waals surface area contributed by atoms with Crippen molar-refractivity contribution >= 4 is 23.1 Å². The van der Waals surface area contributed by atoms with Crippen molar-refractivity contribution in [2.24, 2.45) is 0 Å². The molecule has 21 heavy (non-hydrogen) atoms. The second-order valence-corrected chi connectivity index (χ2v) is 6.24. The van der Waals surface area contributed by atoms with Gasteiger partial charge in [-0.05, 0) is 49.4 Å². The highest BCUT2D eigenvalue weighted by molar-refractivity contribution is 7.14. The van der Waals surface area contributed by atoms with Crippen molar-refractivity contribution in [2.75, 3.05) is 7.11 Å². The summed E-state index contributed by atoms with van der Waals surface area (Å²) in [5.41, 5.74) is 1.29. The van der Waals surface area contributed by atoms with E-state index >= 15 is 0 Å². The summed E-state index contributed by atoms with van der Waals surface area (Å²) in [6.45, 7) is 0. The highest BCUT2D eigenvalue weighted by atomic mass is 32.1. The standard InChI is InChI=1S/C16H16O4S/c1-19-16(18)12-8-7-11(20-12)15(17)14-9-10-5-3-2-4-6-13(10)21-14/h7-9H,2-6H2,1H3. The van der Waals surface area contributed by atoms with Crippen LogP contribution in [-0.4, -0.2) is 18.9 Å². The third-order valence-corrected chi connectivity index (χ3v) is 4.92. The number of furan rings is 1. The van der Waals surface area contributed by atoms with Crippen LogP contribution in [-0.2, 0) is 17.6 Å². The topological polar surface area (TPSA) is 56.5 Å². The zero-order chi connectivity index (χ0) is 14.8. The Bertz CT molecular complexity index is 657. The first-order chi connectivity index (χ1) is 10.2. The molecule has 0 unspecified atom stereocenters. The average molecular weight is 304 g/mol. The SMILES string of the molecule is COC(=O)c1ccc(C(=O)c2cc3c(s2)CCCCC3)o1. The third kappa shape index (κ3) is 2.78. The Morgan fingerprint density at radius 1 is 1.14 bits per heavy atom. The minimum Gasteiger partial charge on any atom is -0.463 e. The normalized spacial score (nSPS) is 14.3. The van der Waals surface area contributed by atoms with Crippen molar-refractivity contribution in [1.82, 2.24) is 0 Å². The number of carbonyl (C=O) groups excluding carboxylic acids is 2. The first-order valence-corrected chi connectivity index (χ1v) is 7.85. The summed E-state index contributed by atoms with van der Waals surface area (Å²) in [6.07, 6.45) is 5.73. The van der Waals surface area contributed by atoms with Crippen molar-refractivity contribution in [3.8, 4) is 0 Å². The number of thiophene rings is 1. The zero-order valence-electron chi connectivity index (χ0n) is 11.8. The Labute approximate surface area is 126 Å². The van der Waals surface area contributed by atoms with Crippen molar-refractivity contribution < 1.29 is 18.7 Å². The van der Waals surface area contributed by atoms with E-state index in [4.69, 9.17) is 4.42 Å². The fraction of sp³-hybridized carbons (Fsp3) is 0.375. The molecule has 0 bridgehead atoms. The molecule has 0 aromatic carbocycles. The molecule has 0 atom stereocenters. The van der Waals surface area contributed by atoms with Gasteiger partial charge < -0.3 is 9.15 Å². The van der Waals surface area contributed by atoms with Crippen LogP contribution >= 0.6 is 11.3 Å². The Morgan fingerprint density at radius 2 is 1.90 bits per heavy atom. The maximum absolute atomic E-state index is 12.4. The predicted octanol–water partition coefficient (Wildman–Crippen LogP) is 3.63. The van der Waals surface area contributed by atoms with E-state index in [1.165, 1.54) is 48.9 Å². The van der Waals surface area contributed by atoms with E-state index in [0.717, 1.165) is 12.8 Å². The average Bonchev–Trinajstić information content (AvgIpc) is 3.09. The van der Waals surface area contributed by atoms with Crippen LogP contribution in [0.15, 0.2) is 22.6 Å². The number of carbonyl (C=O) groups is 2. The number of ketones is 1. The summed E-state index contributed by atoms with van der Waals surface area (Å²) >= 11 is 1.55. The summed E-state index contributed by atoms with van der Waals surface area (Å²) in [4.78, 5) is 25.8. The maximum atomic E-state index is 12.4. The molecule has 0 fully saturated rings. The smallest absolute Gasteiger partial charge is 0.373 e. The Hall–Kier alpha value is -1.88. The number of rotatable bonds is 3. The molecule has 2 heterocycles. The molecule has 1 aliphatic carbocycles. The second kappa shape index (κ2) is 5.85. The van der Waals surface area contributed by atoms with Gasteiger partial charge in [0.1, 0.15) is 0 Å². The van der Waals surface area contributed by atoms with Gasteiger partial charge in [-0.1, -0.05) is 6.42 Å². The number of hydrogen-bond acceptors (Lipinski definition) is 5. The quantitative estimate of drug-likeness (QED) is 0.493. The number of hydrogen-bond donors (Lipinski definition) is 0. The molecule has 0 saturated heterocycles. The molecule has 0 saturated carbocycles. The number of methoxy groups -OCH3 is 1. The molecule has 2 aromatic heterocycles. The molecule has 3 rings (SSSR count). The molecule has 1 aliphatic rings. The van der Waals surface area contributed by atoms with E-state index in [1.807, 2.05) is 6.07 Å². The van der Waals surface area contributed by atoms with Gasteiger partial charge in [-0.15, -0.1) is 11.3 Å². The van der Waals surface area contributed by atoms with Crippen LogP contribution in [0.2, 0.25) is 0 Å². The first kappa shape index (κ1) is 14.1. The Kier molecular flexibility index (Phi) is 3.92. The van der Waals surface area contributed by atoms with Gasteiger partial charge in [0.2, 0.25) is 11.5 Å². The van der Waals surface area contributed by atoms with E-state index in [9.17, 15) is 9.59 Å². The van der Waals surface area contributed by atoms with Crippen LogP contribution in [0.3, 0.4) is 0 Å². The van der Waals surface area contributed by atoms with Gasteiger partial charge in [0.05, 0.1) is 12.0 Å². The van der Waals surface area contributed by atoms with Gasteiger partial charge in [-0.25, -0.2) is 4.79 Å². The highest BCUT2D eigenvalue weighted by Gasteiger charge is 2.21. The van der Waals surface area contributed by atoms with Crippen LogP contribution in [0.4, 0.5) is 0 Å². The van der Waals surface area contributed by atoms with Gasteiger partial charge in [-0.2, -0.15) is 0 Å². The lowest BCUT2D eigenvalue weighted by Gasteiger charge is -1.95. The predicted molar refractivity (Wildman–Crippen MR) is 79.1 cm³/mol. The van der Waals surface area contributed by atoms with E-state index < -0.39 is 5.97 Å². The summed E-state index contributed by atoms with van der Waals surface area (Å²) in [5.74, 6) is -0.495. The molecule has 110 valence electrons. The maximum Gasteiger partial charge on any atom is 0.373 e. The summed E-state index contributed by atoms with van der Waals surface area (Å²) in [7, 11) is 1.28. The van der Waals surface area contributed by atoms with Crippen LogP contribution in [0.5, 0.6) is 0 Å². The van der Waals surface area contributed by atoms with Gasteiger partial charge in [0.15, 0.2) is 5.76 Å². The van der Waals surface area contributed by atoms with Crippen molar-refractivity contribution in [2.45, 2.75) is 32.1 Å². The number of esters is 1. The Balaban J connectivity index is 1.85. The van der Waals surface area contributed by atoms with Gasteiger partial charge in [-0.3, -0.25) is 4.79 Å². The summed E-state index contributed by atoms with van der Waals surface area (Å²) in [6, 6.07) is 4.98. The summed E-state index contributed by atoms with van der Waals surface area (Å²) in [5, 5.41) is 0. The van der Waals surface area contributed by atoms with E-state index in [2.05, 4.69) is 4.74 Å². The van der Waals surface area contributed by atoms with Gasteiger partial charge in [0, 0.05) is 4.88 Å². The number of fused-ring (bicyclic) bond motifs is 1. The molecular weight excluding hydrogens is 288 g/mol. The minimum absolute atomic E-state index is 0.0546. The Morgan fingerprint density at radius 3 is 2.71 bits per heavy atom. The molecule has 0 amide bonds. The first-order valence-electron chi connectivity index (χ1n) is 7.03. The van der Waals surface area contributed by atoms with E-state index in [-0.39, 0.29) is 17.3 Å². The van der Waals surface area contributed by atoms with E-state index in [0.29, 0.717) is 4.88 Å². The van der Waals surface area contributed by atoms with Crippen molar-refractivity contribution in [1.29, 1.82) is 0 Å².